The molecule has 0 saturated carbocycles. The topological polar surface area (TPSA) is 12.9 Å². The zero-order valence-corrected chi connectivity index (χ0v) is 11.4. The van der Waals surface area contributed by atoms with E-state index in [4.69, 9.17) is 0 Å². The summed E-state index contributed by atoms with van der Waals surface area (Å²) in [6.45, 7) is 8.94. The van der Waals surface area contributed by atoms with E-state index < -0.39 is 0 Å². The molecule has 0 fully saturated rings. The van der Waals surface area contributed by atoms with Gasteiger partial charge in [-0.25, -0.2) is 0 Å². The summed E-state index contributed by atoms with van der Waals surface area (Å²) in [5.41, 5.74) is 2.92. The van der Waals surface area contributed by atoms with Gasteiger partial charge in [-0.15, -0.1) is 0 Å². The van der Waals surface area contributed by atoms with E-state index in [1.54, 1.807) is 0 Å². The van der Waals surface area contributed by atoms with Crippen molar-refractivity contribution in [2.75, 3.05) is 0 Å². The first-order valence-electron chi connectivity index (χ1n) is 4.84. The van der Waals surface area contributed by atoms with E-state index in [0.29, 0.717) is 0 Å². The summed E-state index contributed by atoms with van der Waals surface area (Å²) in [5, 5.41) is 0. The average Bonchev–Trinajstić information content (AvgIpc) is 2.41. The van der Waals surface area contributed by atoms with Gasteiger partial charge in [-0.1, -0.05) is 0 Å². The van der Waals surface area contributed by atoms with Crippen LogP contribution >= 0.6 is 0 Å². The second-order valence-corrected chi connectivity index (χ2v) is 8.19. The van der Waals surface area contributed by atoms with Crippen LogP contribution in [0.4, 0.5) is 0 Å². The molecule has 0 unspecified atom stereocenters. The first-order valence-corrected chi connectivity index (χ1v) is 7.17. The number of rotatable bonds is 0. The first-order chi connectivity index (χ1) is 6.47. The molecule has 1 nitrogen and oxygen atoms in total. The van der Waals surface area contributed by atoms with Gasteiger partial charge >= 0.3 is 94.9 Å². The summed E-state index contributed by atoms with van der Waals surface area (Å²) in [6, 6.07) is 6.75. The van der Waals surface area contributed by atoms with Gasteiger partial charge in [0.05, 0.1) is 0 Å². The zero-order chi connectivity index (χ0) is 10.3. The van der Waals surface area contributed by atoms with Gasteiger partial charge in [-0.3, -0.25) is 0 Å². The maximum absolute atomic E-state index is 4.55. The van der Waals surface area contributed by atoms with Crippen LogP contribution in [-0.2, 0) is 5.41 Å². The van der Waals surface area contributed by atoms with Crippen molar-refractivity contribution in [1.29, 1.82) is 0 Å². The molecule has 2 heteroatoms. The second kappa shape index (κ2) is 3.36. The van der Waals surface area contributed by atoms with E-state index in [9.17, 15) is 0 Å². The van der Waals surface area contributed by atoms with Gasteiger partial charge in [0.15, 0.2) is 0 Å². The van der Waals surface area contributed by atoms with E-state index in [-0.39, 0.29) is 25.8 Å². The minimum atomic E-state index is -0.134. The number of nitrogens with zero attached hydrogens (tertiary/aromatic N) is 1. The molecule has 1 heterocycles. The zero-order valence-electron chi connectivity index (χ0n) is 9.09. The van der Waals surface area contributed by atoms with Crippen LogP contribution in [0.5, 0.6) is 0 Å². The Kier molecular flexibility index (Phi) is 2.45. The summed E-state index contributed by atoms with van der Waals surface area (Å²) >= 11 is -0.134. The number of hydrogen-bond acceptors (Lipinski definition) is 1. The van der Waals surface area contributed by atoms with E-state index >= 15 is 0 Å². The van der Waals surface area contributed by atoms with Crippen molar-refractivity contribution in [3.05, 3.63) is 27.5 Å². The fraction of sp³-hybridized carbons (Fsp3) is 0.417. The van der Waals surface area contributed by atoms with Crippen LogP contribution in [-0.4, -0.2) is 25.4 Å². The number of benzene rings is 1. The molecule has 0 aliphatic heterocycles. The van der Waals surface area contributed by atoms with Gasteiger partial charge in [-0.2, -0.15) is 0 Å². The van der Waals surface area contributed by atoms with Crippen LogP contribution in [0.25, 0.3) is 8.92 Å². The van der Waals surface area contributed by atoms with Crippen LogP contribution in [0.1, 0.15) is 30.0 Å². The Morgan fingerprint density at radius 1 is 1.21 bits per heavy atom. The van der Waals surface area contributed by atoms with Gasteiger partial charge in [0.1, 0.15) is 0 Å². The molecule has 2 rings (SSSR count). The van der Waals surface area contributed by atoms with Crippen LogP contribution in [0.2, 0.25) is 0 Å². The van der Waals surface area contributed by atoms with Crippen molar-refractivity contribution in [1.82, 2.24) is 4.98 Å². The first kappa shape index (κ1) is 10.2. The Bertz CT molecular complexity index is 463. The van der Waals surface area contributed by atoms with Crippen molar-refractivity contribution in [2.24, 2.45) is 0 Å². The third-order valence-electron chi connectivity index (χ3n) is 2.36. The van der Waals surface area contributed by atoms with E-state index in [0.717, 1.165) is 0 Å². The molecule has 0 aliphatic carbocycles. The second-order valence-electron chi connectivity index (χ2n) is 4.67. The fourth-order valence-corrected chi connectivity index (χ4v) is 3.98. The van der Waals surface area contributed by atoms with Gasteiger partial charge < -0.3 is 0 Å². The summed E-state index contributed by atoms with van der Waals surface area (Å²) in [6.07, 6.45) is 0. The molecule has 0 spiro atoms. The Hall–Kier alpha value is -0.320. The summed E-state index contributed by atoms with van der Waals surface area (Å²) < 4.78 is 2.87. The normalized spacial score (nSPS) is 12.3. The van der Waals surface area contributed by atoms with Gasteiger partial charge in [0, 0.05) is 0 Å². The number of fused-ring (bicyclic) bond motifs is 1. The van der Waals surface area contributed by atoms with Crippen molar-refractivity contribution < 1.29 is 0 Å². The molecule has 0 radical (unpaired) electrons. The molecule has 2 aromatic rings. The fourth-order valence-electron chi connectivity index (χ4n) is 1.51. The van der Waals surface area contributed by atoms with Crippen molar-refractivity contribution in [3.8, 4) is 0 Å². The quantitative estimate of drug-likeness (QED) is 0.682. The summed E-state index contributed by atoms with van der Waals surface area (Å²) in [4.78, 5) is 4.55. The van der Waals surface area contributed by atoms with Gasteiger partial charge in [0.2, 0.25) is 0 Å². The Morgan fingerprint density at radius 2 is 1.93 bits per heavy atom. The molecule has 1 aromatic carbocycles. The molecule has 0 aliphatic rings. The third kappa shape index (κ3) is 1.87. The minimum absolute atomic E-state index is 0.134. The van der Waals surface area contributed by atoms with Crippen LogP contribution in [0.3, 0.4) is 0 Å². The van der Waals surface area contributed by atoms with E-state index in [1.807, 2.05) is 0 Å². The van der Waals surface area contributed by atoms with Crippen molar-refractivity contribution >= 4 is 29.3 Å². The molecule has 0 saturated heterocycles. The van der Waals surface area contributed by atoms with E-state index in [2.05, 4.69) is 50.9 Å². The molecular weight excluding hydrogens is 286 g/mol. The Labute approximate surface area is 94.8 Å². The molecule has 0 bridgehead atoms. The predicted octanol–water partition coefficient (Wildman–Crippen LogP) is 2.90. The SMILES string of the molecule is Cc1nc2ccc(C(C)(C)C)cc2[te]1. The average molecular weight is 301 g/mol. The Morgan fingerprint density at radius 3 is 2.57 bits per heavy atom. The predicted molar refractivity (Wildman–Crippen MR) is 62.1 cm³/mol. The molecule has 74 valence electrons. The van der Waals surface area contributed by atoms with Crippen molar-refractivity contribution in [2.45, 2.75) is 33.1 Å². The summed E-state index contributed by atoms with van der Waals surface area (Å²) in [7, 11) is 0. The molecule has 1 aromatic heterocycles. The van der Waals surface area contributed by atoms with Gasteiger partial charge in [0.25, 0.3) is 0 Å². The van der Waals surface area contributed by atoms with Crippen LogP contribution in [0.15, 0.2) is 18.2 Å². The molecule has 14 heavy (non-hydrogen) atoms. The van der Waals surface area contributed by atoms with Crippen molar-refractivity contribution in [3.63, 3.8) is 0 Å². The molecule has 0 amide bonds. The number of aryl methyl sites for hydroxylation is 1. The Balaban J connectivity index is 2.62. The number of aromatic nitrogens is 1. The van der Waals surface area contributed by atoms with Crippen LogP contribution < -0.4 is 0 Å². The molecular formula is C12H15NTe. The molecule has 0 atom stereocenters. The standard InChI is InChI=1S/C12H15NTe/c1-8-13-10-6-5-9(12(2,3)4)7-11(10)14-8/h5-7H,1-4H3. The third-order valence-corrected chi connectivity index (χ3v) is 5.03. The van der Waals surface area contributed by atoms with Crippen LogP contribution in [0, 0.1) is 6.92 Å². The number of hydrogen-bond donors (Lipinski definition) is 0. The van der Waals surface area contributed by atoms with Gasteiger partial charge in [-0.05, 0) is 0 Å². The van der Waals surface area contributed by atoms with E-state index in [1.165, 1.54) is 18.2 Å². The maximum atomic E-state index is 4.55. The molecule has 0 N–H and O–H groups in total. The monoisotopic (exact) mass is 303 g/mol. The summed E-state index contributed by atoms with van der Waals surface area (Å²) in [5.74, 6) is 0.